The van der Waals surface area contributed by atoms with Gasteiger partial charge in [-0.1, -0.05) is 22.0 Å². The predicted octanol–water partition coefficient (Wildman–Crippen LogP) is 3.64. The van der Waals surface area contributed by atoms with Gasteiger partial charge in [-0.15, -0.1) is 0 Å². The summed E-state index contributed by atoms with van der Waals surface area (Å²) in [5.41, 5.74) is 1.99. The molecule has 2 rings (SSSR count). The van der Waals surface area contributed by atoms with Gasteiger partial charge in [0.25, 0.3) is 0 Å². The van der Waals surface area contributed by atoms with E-state index in [2.05, 4.69) is 46.9 Å². The molecule has 0 heterocycles. The highest BCUT2D eigenvalue weighted by Gasteiger charge is 2.40. The SMILES string of the molecule is CN(CC1(N(C)C)CCC1)c1cccc(F)c1CBr. The largest absolute Gasteiger partial charge is 0.372 e. The Morgan fingerprint density at radius 2 is 1.95 bits per heavy atom. The number of anilines is 1. The summed E-state index contributed by atoms with van der Waals surface area (Å²) >= 11 is 3.39. The summed E-state index contributed by atoms with van der Waals surface area (Å²) in [5, 5.41) is 0.550. The molecule has 1 aliphatic carbocycles. The van der Waals surface area contributed by atoms with Crippen LogP contribution in [0.3, 0.4) is 0 Å². The number of nitrogens with zero attached hydrogens (tertiary/aromatic N) is 2. The number of rotatable bonds is 5. The van der Waals surface area contributed by atoms with E-state index >= 15 is 0 Å². The van der Waals surface area contributed by atoms with E-state index < -0.39 is 0 Å². The molecule has 0 aliphatic heterocycles. The molecule has 1 aromatic carbocycles. The van der Waals surface area contributed by atoms with Gasteiger partial charge in [-0.2, -0.15) is 0 Å². The Labute approximate surface area is 123 Å². The van der Waals surface area contributed by atoms with Gasteiger partial charge in [0, 0.05) is 35.7 Å². The standard InChI is InChI=1S/C15H22BrFN2/c1-18(2)15(8-5-9-15)11-19(3)14-7-4-6-13(17)12(14)10-16/h4,6-7H,5,8-11H2,1-3H3. The van der Waals surface area contributed by atoms with Crippen molar-refractivity contribution in [1.29, 1.82) is 0 Å². The van der Waals surface area contributed by atoms with Crippen LogP contribution in [0.1, 0.15) is 24.8 Å². The summed E-state index contributed by atoms with van der Waals surface area (Å²) in [6.45, 7) is 0.948. The summed E-state index contributed by atoms with van der Waals surface area (Å²) in [6.07, 6.45) is 3.74. The number of benzene rings is 1. The molecule has 19 heavy (non-hydrogen) atoms. The van der Waals surface area contributed by atoms with Crippen LogP contribution in [-0.4, -0.2) is 38.1 Å². The molecule has 0 bridgehead atoms. The van der Waals surface area contributed by atoms with Crippen molar-refractivity contribution in [2.75, 3.05) is 32.6 Å². The Balaban J connectivity index is 2.20. The molecule has 2 nitrogen and oxygen atoms in total. The van der Waals surface area contributed by atoms with E-state index in [1.54, 1.807) is 6.07 Å². The molecule has 1 fully saturated rings. The van der Waals surface area contributed by atoms with Gasteiger partial charge in [-0.3, -0.25) is 0 Å². The second-order valence-corrected chi connectivity index (χ2v) is 6.26. The zero-order valence-corrected chi connectivity index (χ0v) is 13.5. The summed E-state index contributed by atoms with van der Waals surface area (Å²) in [6, 6.07) is 5.32. The van der Waals surface area contributed by atoms with Gasteiger partial charge < -0.3 is 9.80 Å². The molecular formula is C15H22BrFN2. The Bertz CT molecular complexity index is 444. The van der Waals surface area contributed by atoms with Crippen molar-refractivity contribution in [1.82, 2.24) is 4.90 Å². The Hall–Kier alpha value is -0.610. The maximum Gasteiger partial charge on any atom is 0.129 e. The fraction of sp³-hybridized carbons (Fsp3) is 0.600. The molecule has 0 unspecified atom stereocenters. The first-order valence-electron chi connectivity index (χ1n) is 6.72. The molecule has 106 valence electrons. The fourth-order valence-corrected chi connectivity index (χ4v) is 3.45. The lowest BCUT2D eigenvalue weighted by Crippen LogP contribution is -2.56. The third-order valence-electron chi connectivity index (χ3n) is 4.40. The van der Waals surface area contributed by atoms with Crippen LogP contribution in [0.2, 0.25) is 0 Å². The van der Waals surface area contributed by atoms with E-state index in [-0.39, 0.29) is 11.4 Å². The Morgan fingerprint density at radius 3 is 2.42 bits per heavy atom. The van der Waals surface area contributed by atoms with E-state index in [1.165, 1.54) is 25.3 Å². The molecule has 0 saturated heterocycles. The maximum atomic E-state index is 13.8. The highest BCUT2D eigenvalue weighted by molar-refractivity contribution is 9.08. The number of likely N-dealkylation sites (N-methyl/N-ethyl adjacent to an activating group) is 2. The van der Waals surface area contributed by atoms with E-state index in [9.17, 15) is 4.39 Å². The highest BCUT2D eigenvalue weighted by atomic mass is 79.9. The fourth-order valence-electron chi connectivity index (χ4n) is 2.90. The number of hydrogen-bond donors (Lipinski definition) is 0. The van der Waals surface area contributed by atoms with Crippen LogP contribution in [0.4, 0.5) is 10.1 Å². The summed E-state index contributed by atoms with van der Waals surface area (Å²) in [5.74, 6) is -0.131. The average Bonchev–Trinajstić information content (AvgIpc) is 2.32. The van der Waals surface area contributed by atoms with Gasteiger partial charge in [-0.25, -0.2) is 4.39 Å². The third kappa shape index (κ3) is 2.79. The summed E-state index contributed by atoms with van der Waals surface area (Å²) in [4.78, 5) is 4.51. The molecule has 1 aromatic rings. The molecule has 1 saturated carbocycles. The van der Waals surface area contributed by atoms with Crippen LogP contribution in [0.15, 0.2) is 18.2 Å². The zero-order valence-electron chi connectivity index (χ0n) is 11.9. The summed E-state index contributed by atoms with van der Waals surface area (Å²) in [7, 11) is 6.35. The minimum Gasteiger partial charge on any atom is -0.372 e. The van der Waals surface area contributed by atoms with Crippen molar-refractivity contribution in [2.45, 2.75) is 30.1 Å². The van der Waals surface area contributed by atoms with Crippen LogP contribution in [0.5, 0.6) is 0 Å². The van der Waals surface area contributed by atoms with Crippen molar-refractivity contribution in [3.05, 3.63) is 29.6 Å². The number of hydrogen-bond acceptors (Lipinski definition) is 2. The lowest BCUT2D eigenvalue weighted by atomic mass is 9.75. The monoisotopic (exact) mass is 328 g/mol. The van der Waals surface area contributed by atoms with E-state index in [0.29, 0.717) is 5.33 Å². The van der Waals surface area contributed by atoms with Gasteiger partial charge in [0.2, 0.25) is 0 Å². The number of halogens is 2. The normalized spacial score (nSPS) is 17.4. The second-order valence-electron chi connectivity index (χ2n) is 5.70. The van der Waals surface area contributed by atoms with Crippen molar-refractivity contribution in [3.63, 3.8) is 0 Å². The molecule has 0 spiro atoms. The molecule has 0 radical (unpaired) electrons. The van der Waals surface area contributed by atoms with Crippen molar-refractivity contribution < 1.29 is 4.39 Å². The zero-order chi connectivity index (χ0) is 14.0. The molecule has 4 heteroatoms. The van der Waals surface area contributed by atoms with Gasteiger partial charge in [-0.05, 0) is 45.5 Å². The predicted molar refractivity (Wildman–Crippen MR) is 82.6 cm³/mol. The first-order chi connectivity index (χ1) is 9.00. The van der Waals surface area contributed by atoms with Gasteiger partial charge in [0.1, 0.15) is 5.82 Å². The van der Waals surface area contributed by atoms with Crippen LogP contribution < -0.4 is 4.90 Å². The number of alkyl halides is 1. The highest BCUT2D eigenvalue weighted by Crippen LogP contribution is 2.38. The smallest absolute Gasteiger partial charge is 0.129 e. The van der Waals surface area contributed by atoms with Crippen LogP contribution in [0, 0.1) is 5.82 Å². The van der Waals surface area contributed by atoms with Crippen LogP contribution in [0.25, 0.3) is 0 Å². The van der Waals surface area contributed by atoms with E-state index in [1.807, 2.05) is 6.07 Å². The van der Waals surface area contributed by atoms with Gasteiger partial charge >= 0.3 is 0 Å². The Morgan fingerprint density at radius 1 is 1.26 bits per heavy atom. The molecule has 0 amide bonds. The maximum absolute atomic E-state index is 13.8. The third-order valence-corrected chi connectivity index (χ3v) is 4.96. The van der Waals surface area contributed by atoms with E-state index in [4.69, 9.17) is 0 Å². The summed E-state index contributed by atoms with van der Waals surface area (Å²) < 4.78 is 13.8. The topological polar surface area (TPSA) is 6.48 Å². The van der Waals surface area contributed by atoms with Gasteiger partial charge in [0.05, 0.1) is 0 Å². The molecule has 0 atom stereocenters. The average molecular weight is 329 g/mol. The van der Waals surface area contributed by atoms with Crippen molar-refractivity contribution >= 4 is 21.6 Å². The van der Waals surface area contributed by atoms with Gasteiger partial charge in [0.15, 0.2) is 0 Å². The van der Waals surface area contributed by atoms with Crippen molar-refractivity contribution in [3.8, 4) is 0 Å². The van der Waals surface area contributed by atoms with Crippen LogP contribution >= 0.6 is 15.9 Å². The van der Waals surface area contributed by atoms with Crippen molar-refractivity contribution in [2.24, 2.45) is 0 Å². The minimum absolute atomic E-state index is 0.131. The molecule has 0 aromatic heterocycles. The molecular weight excluding hydrogens is 307 g/mol. The first-order valence-corrected chi connectivity index (χ1v) is 7.84. The molecule has 0 N–H and O–H groups in total. The molecule has 1 aliphatic rings. The Kier molecular flexibility index (Phi) is 4.51. The minimum atomic E-state index is -0.131. The quantitative estimate of drug-likeness (QED) is 0.761. The second kappa shape index (κ2) is 5.80. The first kappa shape index (κ1) is 14.8. The van der Waals surface area contributed by atoms with E-state index in [0.717, 1.165) is 17.8 Å². The lowest BCUT2D eigenvalue weighted by molar-refractivity contribution is 0.0683. The lowest BCUT2D eigenvalue weighted by Gasteiger charge is -2.49. The van der Waals surface area contributed by atoms with Crippen LogP contribution in [-0.2, 0) is 5.33 Å².